The maximum absolute atomic E-state index is 13.4. The van der Waals surface area contributed by atoms with Gasteiger partial charge in [-0.1, -0.05) is 30.3 Å². The summed E-state index contributed by atoms with van der Waals surface area (Å²) in [6, 6.07) is 30.0. The normalized spacial score (nSPS) is 19.8. The first-order valence-corrected chi connectivity index (χ1v) is 23.3. The molecular weight excluding hydrogens is 851 g/mol. The number of carbonyl (C=O) groups excluding carboxylic acids is 6. The van der Waals surface area contributed by atoms with Gasteiger partial charge in [-0.3, -0.25) is 39.0 Å². The zero-order chi connectivity index (χ0) is 46.2. The Morgan fingerprint density at radius 1 is 0.731 bits per heavy atom. The molecule has 344 valence electrons. The summed E-state index contributed by atoms with van der Waals surface area (Å²) < 4.78 is 7.94. The van der Waals surface area contributed by atoms with Crippen molar-refractivity contribution in [3.8, 4) is 22.8 Å². The molecule has 5 aliphatic heterocycles. The van der Waals surface area contributed by atoms with Gasteiger partial charge in [-0.2, -0.15) is 5.10 Å². The zero-order valence-corrected chi connectivity index (χ0v) is 37.2. The molecule has 3 saturated heterocycles. The summed E-state index contributed by atoms with van der Waals surface area (Å²) in [6.07, 6.45) is 4.84. The highest BCUT2D eigenvalue weighted by Gasteiger charge is 2.45. The summed E-state index contributed by atoms with van der Waals surface area (Å²) in [5.74, 6) is -0.00167. The Bertz CT molecular complexity index is 2720. The first-order valence-electron chi connectivity index (χ1n) is 23.3. The first kappa shape index (κ1) is 43.4. The van der Waals surface area contributed by atoms with Crippen LogP contribution in [0, 0.1) is 5.92 Å². The van der Waals surface area contributed by atoms with Crippen molar-refractivity contribution < 1.29 is 33.5 Å². The van der Waals surface area contributed by atoms with E-state index in [0.29, 0.717) is 54.8 Å². The number of likely N-dealkylation sites (tertiary alicyclic amines) is 1. The van der Waals surface area contributed by atoms with E-state index in [0.717, 1.165) is 85.9 Å². The third kappa shape index (κ3) is 8.70. The lowest BCUT2D eigenvalue weighted by Gasteiger charge is -2.38. The fraction of sp³-hybridized carbons (Fsp3) is 0.353. The van der Waals surface area contributed by atoms with Gasteiger partial charge in [0.25, 0.3) is 17.7 Å². The molecule has 0 radical (unpaired) electrons. The van der Waals surface area contributed by atoms with Crippen molar-refractivity contribution in [1.29, 1.82) is 0 Å². The van der Waals surface area contributed by atoms with Gasteiger partial charge in [0.15, 0.2) is 0 Å². The number of anilines is 3. The number of piperidine rings is 2. The van der Waals surface area contributed by atoms with Crippen molar-refractivity contribution in [3.05, 3.63) is 119 Å². The molecule has 0 aliphatic carbocycles. The number of ether oxygens (including phenoxy) is 1. The minimum absolute atomic E-state index is 0.0794. The second kappa shape index (κ2) is 18.4. The maximum Gasteiger partial charge on any atom is 0.262 e. The molecule has 1 unspecified atom stereocenters. The number of benzene rings is 4. The highest BCUT2D eigenvalue weighted by Crippen LogP contribution is 2.41. The van der Waals surface area contributed by atoms with E-state index in [-0.39, 0.29) is 35.9 Å². The maximum atomic E-state index is 13.4. The molecule has 1 aromatic heterocycles. The highest BCUT2D eigenvalue weighted by atomic mass is 16.5. The number of piperazine rings is 1. The predicted molar refractivity (Wildman–Crippen MR) is 251 cm³/mol. The van der Waals surface area contributed by atoms with Gasteiger partial charge in [-0.15, -0.1) is 0 Å². The molecular formula is C51H53N9O7. The number of amides is 6. The van der Waals surface area contributed by atoms with Gasteiger partial charge in [0.1, 0.15) is 34.6 Å². The smallest absolute Gasteiger partial charge is 0.262 e. The Kier molecular flexibility index (Phi) is 11.9. The quantitative estimate of drug-likeness (QED) is 0.129. The van der Waals surface area contributed by atoms with Crippen molar-refractivity contribution in [2.75, 3.05) is 60.9 Å². The zero-order valence-electron chi connectivity index (χ0n) is 37.2. The van der Waals surface area contributed by atoms with E-state index < -0.39 is 35.6 Å². The molecule has 67 heavy (non-hydrogen) atoms. The Balaban J connectivity index is 0.684. The van der Waals surface area contributed by atoms with Gasteiger partial charge in [0, 0.05) is 75.6 Å². The molecule has 4 aromatic carbocycles. The number of rotatable bonds is 12. The van der Waals surface area contributed by atoms with Crippen molar-refractivity contribution in [2.24, 2.45) is 11.7 Å². The van der Waals surface area contributed by atoms with E-state index in [9.17, 15) is 28.8 Å². The minimum atomic E-state index is -0.990. The molecule has 6 amide bonds. The summed E-state index contributed by atoms with van der Waals surface area (Å²) >= 11 is 0. The largest absolute Gasteiger partial charge is 0.457 e. The van der Waals surface area contributed by atoms with Gasteiger partial charge in [-0.05, 0) is 117 Å². The molecule has 0 bridgehead atoms. The topological polar surface area (TPSA) is 193 Å². The SMILES string of the molecule is NC(=O)c1c(-c2ccc(Oc3ccccc3)cc2)nn2c1NCC[C@H]2C1CCN(C(=O)CCCc2ccc(N3CCN(c4ccc5c(c4)C(=O)N(C4CCC(=O)NC4=O)C5=O)CC3)cc2)CC1. The molecule has 16 heteroatoms. The fourth-order valence-electron chi connectivity index (χ4n) is 10.4. The van der Waals surface area contributed by atoms with Crippen LogP contribution in [-0.2, 0) is 20.8 Å². The van der Waals surface area contributed by atoms with Crippen molar-refractivity contribution in [2.45, 2.75) is 63.5 Å². The van der Waals surface area contributed by atoms with Crippen molar-refractivity contribution >= 4 is 52.6 Å². The number of imide groups is 2. The number of nitrogens with one attached hydrogen (secondary N) is 2. The average molecular weight is 904 g/mol. The lowest BCUT2D eigenvalue weighted by atomic mass is 9.86. The lowest BCUT2D eigenvalue weighted by molar-refractivity contribution is -0.136. The Morgan fingerprint density at radius 3 is 2.10 bits per heavy atom. The number of primary amides is 1. The van der Waals surface area contributed by atoms with E-state index in [1.54, 1.807) is 12.1 Å². The van der Waals surface area contributed by atoms with Crippen LogP contribution in [0.2, 0.25) is 0 Å². The van der Waals surface area contributed by atoms with Crippen LogP contribution >= 0.6 is 0 Å². The minimum Gasteiger partial charge on any atom is -0.457 e. The Labute approximate surface area is 388 Å². The van der Waals surface area contributed by atoms with Gasteiger partial charge in [0.2, 0.25) is 17.7 Å². The molecule has 3 fully saturated rings. The van der Waals surface area contributed by atoms with E-state index >= 15 is 0 Å². The number of aromatic nitrogens is 2. The van der Waals surface area contributed by atoms with Crippen LogP contribution < -0.4 is 30.9 Å². The lowest BCUT2D eigenvalue weighted by Crippen LogP contribution is -2.54. The predicted octanol–water partition coefficient (Wildman–Crippen LogP) is 5.79. The number of nitrogens with two attached hydrogens (primary N) is 1. The number of hydrogen-bond donors (Lipinski definition) is 3. The number of nitrogens with zero attached hydrogens (tertiary/aromatic N) is 6. The van der Waals surface area contributed by atoms with Crippen LogP contribution in [0.5, 0.6) is 11.5 Å². The Morgan fingerprint density at radius 2 is 1.40 bits per heavy atom. The van der Waals surface area contributed by atoms with E-state index in [4.69, 9.17) is 15.6 Å². The summed E-state index contributed by atoms with van der Waals surface area (Å²) in [4.78, 5) is 84.4. The second-order valence-electron chi connectivity index (χ2n) is 18.0. The number of carbonyl (C=O) groups is 6. The van der Waals surface area contributed by atoms with Crippen LogP contribution in [0.1, 0.15) is 87.6 Å². The van der Waals surface area contributed by atoms with Crippen LogP contribution in [0.25, 0.3) is 11.3 Å². The van der Waals surface area contributed by atoms with Gasteiger partial charge in [0.05, 0.1) is 17.2 Å². The van der Waals surface area contributed by atoms with Crippen molar-refractivity contribution in [3.63, 3.8) is 0 Å². The third-order valence-corrected chi connectivity index (χ3v) is 14.0. The number of fused-ring (bicyclic) bond motifs is 2. The summed E-state index contributed by atoms with van der Waals surface area (Å²) in [6.45, 7) is 5.08. The number of aryl methyl sites for hydroxylation is 1. The molecule has 5 aliphatic rings. The van der Waals surface area contributed by atoms with Crippen molar-refractivity contribution in [1.82, 2.24) is 24.9 Å². The summed E-state index contributed by atoms with van der Waals surface area (Å²) in [7, 11) is 0. The molecule has 5 aromatic rings. The molecule has 4 N–H and O–H groups in total. The molecule has 10 rings (SSSR count). The van der Waals surface area contributed by atoms with Crippen LogP contribution in [0.4, 0.5) is 17.2 Å². The fourth-order valence-corrected chi connectivity index (χ4v) is 10.4. The standard InChI is InChI=1S/C51H53N9O7/c52-47(63)45-46(34-11-16-38(17-12-34)67-37-6-2-1-3-7-37)55-60-41(21-24-53-48(45)60)33-22-25-58(26-23-33)44(62)8-4-5-32-9-13-35(14-10-32)56-27-29-57(30-28-56)36-15-18-39-40(31-36)51(66)59(50(39)65)42-19-20-43(61)54-49(42)64/h1-3,6-7,9-18,31,33,41-42,53H,4-5,8,19-30H2,(H2,52,63)(H,54,61,64)/t41-,42?/m0/s1. The third-order valence-electron chi connectivity index (χ3n) is 14.0. The Hall–Kier alpha value is -7.49. The number of hydrogen-bond acceptors (Lipinski definition) is 11. The monoisotopic (exact) mass is 903 g/mol. The highest BCUT2D eigenvalue weighted by molar-refractivity contribution is 6.23. The van der Waals surface area contributed by atoms with E-state index in [1.807, 2.05) is 70.2 Å². The van der Waals surface area contributed by atoms with Gasteiger partial charge in [-0.25, -0.2) is 4.68 Å². The summed E-state index contributed by atoms with van der Waals surface area (Å²) in [5.41, 5.74) is 11.4. The van der Waals surface area contributed by atoms with Crippen LogP contribution in [0.3, 0.4) is 0 Å². The van der Waals surface area contributed by atoms with E-state index in [1.165, 1.54) is 5.56 Å². The number of para-hydroxylation sites is 1. The molecule has 16 nitrogen and oxygen atoms in total. The second-order valence-corrected chi connectivity index (χ2v) is 18.0. The van der Waals surface area contributed by atoms with Crippen LogP contribution in [-0.4, -0.2) is 107 Å². The van der Waals surface area contributed by atoms with Gasteiger partial charge < -0.3 is 30.5 Å². The first-order chi connectivity index (χ1) is 32.6. The van der Waals surface area contributed by atoms with Crippen LogP contribution in [0.15, 0.2) is 97.1 Å². The molecule has 0 saturated carbocycles. The summed E-state index contributed by atoms with van der Waals surface area (Å²) in [5, 5.41) is 10.6. The van der Waals surface area contributed by atoms with Gasteiger partial charge >= 0.3 is 0 Å². The molecule has 0 spiro atoms. The average Bonchev–Trinajstić information content (AvgIpc) is 3.87. The molecule has 6 heterocycles. The molecule has 2 atom stereocenters. The van der Waals surface area contributed by atoms with E-state index in [2.05, 4.69) is 44.7 Å².